The molecule has 3 rings (SSSR count). The summed E-state index contributed by atoms with van der Waals surface area (Å²) in [4.78, 5) is 0. The quantitative estimate of drug-likeness (QED) is 0.780. The van der Waals surface area contributed by atoms with Gasteiger partial charge in [-0.25, -0.2) is 4.68 Å². The summed E-state index contributed by atoms with van der Waals surface area (Å²) < 4.78 is 6.91. The van der Waals surface area contributed by atoms with Crippen molar-refractivity contribution in [2.24, 2.45) is 0 Å². The van der Waals surface area contributed by atoms with E-state index in [9.17, 15) is 0 Å². The number of ether oxygens (including phenoxy) is 1. The van der Waals surface area contributed by atoms with E-state index >= 15 is 0 Å². The second kappa shape index (κ2) is 6.09. The lowest BCUT2D eigenvalue weighted by molar-refractivity contribution is 0.414. The average molecular weight is 280 g/mol. The van der Waals surface area contributed by atoms with Crippen molar-refractivity contribution in [3.63, 3.8) is 0 Å². The van der Waals surface area contributed by atoms with Gasteiger partial charge in [-0.15, -0.1) is 5.10 Å². The van der Waals surface area contributed by atoms with Gasteiger partial charge in [-0.1, -0.05) is 29.5 Å². The van der Waals surface area contributed by atoms with Crippen molar-refractivity contribution in [1.29, 1.82) is 0 Å². The minimum Gasteiger partial charge on any atom is -0.497 e. The van der Waals surface area contributed by atoms with Crippen molar-refractivity contribution in [2.45, 2.75) is 6.54 Å². The molecule has 0 fully saturated rings. The third-order valence-corrected chi connectivity index (χ3v) is 3.22. The fourth-order valence-corrected chi connectivity index (χ4v) is 2.10. The first-order valence-electron chi connectivity index (χ1n) is 6.69. The summed E-state index contributed by atoms with van der Waals surface area (Å²) in [6, 6.07) is 16.0. The Morgan fingerprint density at radius 1 is 1.10 bits per heavy atom. The van der Waals surface area contributed by atoms with Crippen molar-refractivity contribution < 1.29 is 4.74 Å². The highest BCUT2D eigenvalue weighted by Crippen LogP contribution is 2.20. The number of hydrogen-bond donors (Lipinski definition) is 1. The van der Waals surface area contributed by atoms with Crippen molar-refractivity contribution in [3.05, 3.63) is 66.5 Å². The molecule has 0 radical (unpaired) electrons. The fraction of sp³-hybridized carbons (Fsp3) is 0.125. The van der Waals surface area contributed by atoms with Crippen LogP contribution in [-0.4, -0.2) is 22.1 Å². The zero-order valence-electron chi connectivity index (χ0n) is 11.7. The number of methoxy groups -OCH3 is 1. The summed E-state index contributed by atoms with van der Waals surface area (Å²) in [5, 5.41) is 11.3. The second-order valence-corrected chi connectivity index (χ2v) is 4.57. The van der Waals surface area contributed by atoms with Crippen LogP contribution in [0.15, 0.2) is 60.9 Å². The predicted octanol–water partition coefficient (Wildman–Crippen LogP) is 2.89. The maximum Gasteiger partial charge on any atom is 0.118 e. The molecular formula is C16H16N4O. The minimum atomic E-state index is 0.732. The van der Waals surface area contributed by atoms with Crippen LogP contribution < -0.4 is 10.1 Å². The van der Waals surface area contributed by atoms with Crippen molar-refractivity contribution in [2.75, 3.05) is 12.4 Å². The lowest BCUT2D eigenvalue weighted by Crippen LogP contribution is -2.05. The zero-order chi connectivity index (χ0) is 14.5. The Morgan fingerprint density at radius 2 is 1.90 bits per heavy atom. The first-order chi connectivity index (χ1) is 10.4. The highest BCUT2D eigenvalue weighted by atomic mass is 16.5. The molecule has 1 N–H and O–H groups in total. The molecule has 2 aromatic carbocycles. The Hall–Kier alpha value is -2.82. The number of hydrogen-bond acceptors (Lipinski definition) is 4. The topological polar surface area (TPSA) is 52.0 Å². The molecule has 0 amide bonds. The lowest BCUT2D eigenvalue weighted by atomic mass is 10.2. The molecule has 5 nitrogen and oxygen atoms in total. The smallest absolute Gasteiger partial charge is 0.118 e. The minimum absolute atomic E-state index is 0.732. The normalized spacial score (nSPS) is 10.3. The summed E-state index contributed by atoms with van der Waals surface area (Å²) in [6.07, 6.45) is 3.49. The highest BCUT2D eigenvalue weighted by molar-refractivity contribution is 5.60. The van der Waals surface area contributed by atoms with Crippen LogP contribution in [0.5, 0.6) is 5.75 Å². The van der Waals surface area contributed by atoms with Gasteiger partial charge >= 0.3 is 0 Å². The van der Waals surface area contributed by atoms with Crippen LogP contribution in [0.25, 0.3) is 5.69 Å². The van der Waals surface area contributed by atoms with E-state index in [1.54, 1.807) is 18.0 Å². The molecule has 1 aromatic heterocycles. The molecule has 0 atom stereocenters. The first kappa shape index (κ1) is 13.2. The molecule has 5 heteroatoms. The Balaban J connectivity index is 1.76. The van der Waals surface area contributed by atoms with Gasteiger partial charge in [0.1, 0.15) is 5.75 Å². The van der Waals surface area contributed by atoms with Crippen LogP contribution in [0.1, 0.15) is 5.56 Å². The van der Waals surface area contributed by atoms with Crippen LogP contribution in [0.2, 0.25) is 0 Å². The summed E-state index contributed by atoms with van der Waals surface area (Å²) >= 11 is 0. The van der Waals surface area contributed by atoms with Crippen molar-refractivity contribution >= 4 is 5.69 Å². The van der Waals surface area contributed by atoms with E-state index in [2.05, 4.69) is 15.6 Å². The molecule has 0 bridgehead atoms. The number of nitrogens with zero attached hydrogens (tertiary/aromatic N) is 3. The molecule has 106 valence electrons. The van der Waals surface area contributed by atoms with Crippen LogP contribution in [0.4, 0.5) is 5.69 Å². The van der Waals surface area contributed by atoms with Gasteiger partial charge in [0.2, 0.25) is 0 Å². The Bertz CT molecular complexity index is 693. The van der Waals surface area contributed by atoms with Crippen LogP contribution in [0, 0.1) is 0 Å². The van der Waals surface area contributed by atoms with Gasteiger partial charge < -0.3 is 10.1 Å². The van der Waals surface area contributed by atoms with E-state index in [0.717, 1.165) is 23.7 Å². The van der Waals surface area contributed by atoms with Gasteiger partial charge in [0, 0.05) is 6.54 Å². The van der Waals surface area contributed by atoms with Gasteiger partial charge in [0.05, 0.1) is 30.9 Å². The van der Waals surface area contributed by atoms with E-state index in [1.807, 2.05) is 54.7 Å². The number of aromatic nitrogens is 3. The summed E-state index contributed by atoms with van der Waals surface area (Å²) in [6.45, 7) is 0.732. The highest BCUT2D eigenvalue weighted by Gasteiger charge is 2.04. The summed E-state index contributed by atoms with van der Waals surface area (Å²) in [5.41, 5.74) is 3.17. The summed E-state index contributed by atoms with van der Waals surface area (Å²) in [7, 11) is 1.67. The molecule has 21 heavy (non-hydrogen) atoms. The number of nitrogens with one attached hydrogen (secondary N) is 1. The Labute approximate surface area is 123 Å². The maximum atomic E-state index is 5.16. The van der Waals surface area contributed by atoms with Gasteiger partial charge in [0.15, 0.2) is 0 Å². The Morgan fingerprint density at radius 3 is 2.62 bits per heavy atom. The molecule has 0 saturated heterocycles. The zero-order valence-corrected chi connectivity index (χ0v) is 11.7. The molecule has 1 heterocycles. The van der Waals surface area contributed by atoms with Crippen LogP contribution in [-0.2, 0) is 6.54 Å². The molecule has 0 unspecified atom stereocenters. The third-order valence-electron chi connectivity index (χ3n) is 3.22. The van der Waals surface area contributed by atoms with Gasteiger partial charge in [0.25, 0.3) is 0 Å². The second-order valence-electron chi connectivity index (χ2n) is 4.57. The van der Waals surface area contributed by atoms with Crippen molar-refractivity contribution in [3.8, 4) is 11.4 Å². The molecule has 0 aliphatic heterocycles. The molecule has 3 aromatic rings. The van der Waals surface area contributed by atoms with E-state index in [4.69, 9.17) is 4.74 Å². The van der Waals surface area contributed by atoms with Gasteiger partial charge in [-0.05, 0) is 29.8 Å². The molecule has 0 spiro atoms. The molecule has 0 aliphatic rings. The van der Waals surface area contributed by atoms with Crippen LogP contribution >= 0.6 is 0 Å². The largest absolute Gasteiger partial charge is 0.497 e. The predicted molar refractivity (Wildman–Crippen MR) is 81.7 cm³/mol. The van der Waals surface area contributed by atoms with E-state index in [-0.39, 0.29) is 0 Å². The third kappa shape index (κ3) is 3.02. The van der Waals surface area contributed by atoms with E-state index in [0.29, 0.717) is 0 Å². The maximum absolute atomic E-state index is 5.16. The fourth-order valence-electron chi connectivity index (χ4n) is 2.10. The first-order valence-corrected chi connectivity index (χ1v) is 6.69. The SMILES string of the molecule is COc1ccc(CNc2ccccc2-n2ccnn2)cc1. The molecule has 0 saturated carbocycles. The molecule has 0 aliphatic carbocycles. The average Bonchev–Trinajstić information content (AvgIpc) is 3.08. The van der Waals surface area contributed by atoms with Gasteiger partial charge in [-0.3, -0.25) is 0 Å². The number of anilines is 1. The number of para-hydroxylation sites is 2. The standard InChI is InChI=1S/C16H16N4O/c1-21-14-8-6-13(7-9-14)12-17-15-4-2-3-5-16(15)20-11-10-18-19-20/h2-11,17H,12H2,1H3. The van der Waals surface area contributed by atoms with Crippen LogP contribution in [0.3, 0.4) is 0 Å². The number of benzene rings is 2. The van der Waals surface area contributed by atoms with Crippen molar-refractivity contribution in [1.82, 2.24) is 15.0 Å². The van der Waals surface area contributed by atoms with E-state index in [1.165, 1.54) is 5.56 Å². The van der Waals surface area contributed by atoms with E-state index < -0.39 is 0 Å². The lowest BCUT2D eigenvalue weighted by Gasteiger charge is -2.11. The number of rotatable bonds is 5. The molecular weight excluding hydrogens is 264 g/mol. The monoisotopic (exact) mass is 280 g/mol. The summed E-state index contributed by atoms with van der Waals surface area (Å²) in [5.74, 6) is 0.863. The van der Waals surface area contributed by atoms with Gasteiger partial charge in [-0.2, -0.15) is 0 Å². The Kier molecular flexibility index (Phi) is 3.82.